The number of aromatic nitrogens is 1. The van der Waals surface area contributed by atoms with E-state index in [1.165, 1.54) is 6.20 Å². The summed E-state index contributed by atoms with van der Waals surface area (Å²) in [7, 11) is 0. The first-order valence-electron chi connectivity index (χ1n) is 5.22. The Labute approximate surface area is 97.2 Å². The Balaban J connectivity index is 2.76. The SMILES string of the molecule is CCOc1cccc2c(=O)c(C(N)=O)c[nH]c12. The molecule has 2 rings (SSSR count). The van der Waals surface area contributed by atoms with Crippen LogP contribution in [0.1, 0.15) is 17.3 Å². The van der Waals surface area contributed by atoms with Crippen molar-refractivity contribution in [2.24, 2.45) is 5.73 Å². The fraction of sp³-hybridized carbons (Fsp3) is 0.167. The molecule has 0 aliphatic rings. The summed E-state index contributed by atoms with van der Waals surface area (Å²) in [6.45, 7) is 2.35. The van der Waals surface area contributed by atoms with Crippen LogP contribution in [-0.2, 0) is 0 Å². The minimum absolute atomic E-state index is 0.0499. The zero-order chi connectivity index (χ0) is 12.4. The first-order chi connectivity index (χ1) is 8.15. The summed E-state index contributed by atoms with van der Waals surface area (Å²) in [6, 6.07) is 5.09. The van der Waals surface area contributed by atoms with Gasteiger partial charge in [-0.1, -0.05) is 6.07 Å². The number of carbonyl (C=O) groups excluding carboxylic acids is 1. The molecule has 0 fully saturated rings. The molecule has 0 atom stereocenters. The first kappa shape index (κ1) is 11.2. The summed E-state index contributed by atoms with van der Waals surface area (Å²) in [5.41, 5.74) is 5.25. The van der Waals surface area contributed by atoms with E-state index in [9.17, 15) is 9.59 Å². The maximum atomic E-state index is 11.9. The van der Waals surface area contributed by atoms with Crippen molar-refractivity contribution in [1.29, 1.82) is 0 Å². The number of primary amides is 1. The van der Waals surface area contributed by atoms with Crippen molar-refractivity contribution in [2.75, 3.05) is 6.61 Å². The lowest BCUT2D eigenvalue weighted by Crippen LogP contribution is -2.22. The molecule has 0 saturated heterocycles. The molecular weight excluding hydrogens is 220 g/mol. The molecule has 0 aliphatic heterocycles. The number of nitrogens with one attached hydrogen (secondary N) is 1. The second-order valence-corrected chi connectivity index (χ2v) is 3.51. The van der Waals surface area contributed by atoms with Crippen molar-refractivity contribution < 1.29 is 9.53 Å². The summed E-state index contributed by atoms with van der Waals surface area (Å²) < 4.78 is 5.39. The zero-order valence-corrected chi connectivity index (χ0v) is 9.32. The van der Waals surface area contributed by atoms with Crippen molar-refractivity contribution >= 4 is 16.8 Å². The number of H-pyrrole nitrogens is 1. The van der Waals surface area contributed by atoms with Crippen LogP contribution in [0.2, 0.25) is 0 Å². The number of carbonyl (C=O) groups is 1. The number of pyridine rings is 1. The third-order valence-corrected chi connectivity index (χ3v) is 2.44. The molecule has 1 aromatic carbocycles. The summed E-state index contributed by atoms with van der Waals surface area (Å²) in [6.07, 6.45) is 1.32. The normalized spacial score (nSPS) is 10.4. The Hall–Kier alpha value is -2.30. The lowest BCUT2D eigenvalue weighted by atomic mass is 10.1. The van der Waals surface area contributed by atoms with E-state index in [2.05, 4.69) is 4.98 Å². The average molecular weight is 232 g/mol. The number of aromatic amines is 1. The third kappa shape index (κ3) is 1.87. The molecular formula is C12H12N2O3. The molecule has 0 saturated carbocycles. The predicted octanol–water partition coefficient (Wildman–Crippen LogP) is 1.03. The van der Waals surface area contributed by atoms with E-state index < -0.39 is 5.91 Å². The highest BCUT2D eigenvalue weighted by molar-refractivity contribution is 5.96. The Morgan fingerprint density at radius 3 is 2.88 bits per heavy atom. The van der Waals surface area contributed by atoms with Crippen molar-refractivity contribution in [3.63, 3.8) is 0 Å². The smallest absolute Gasteiger partial charge is 0.254 e. The van der Waals surface area contributed by atoms with Crippen molar-refractivity contribution in [2.45, 2.75) is 6.92 Å². The predicted molar refractivity (Wildman–Crippen MR) is 64.3 cm³/mol. The lowest BCUT2D eigenvalue weighted by Gasteiger charge is -2.07. The Kier molecular flexibility index (Phi) is 2.82. The van der Waals surface area contributed by atoms with Gasteiger partial charge < -0.3 is 15.5 Å². The van der Waals surface area contributed by atoms with Crippen LogP contribution < -0.4 is 15.9 Å². The van der Waals surface area contributed by atoms with Gasteiger partial charge in [-0.2, -0.15) is 0 Å². The zero-order valence-electron chi connectivity index (χ0n) is 9.32. The van der Waals surface area contributed by atoms with Gasteiger partial charge in [0.1, 0.15) is 11.3 Å². The summed E-state index contributed by atoms with van der Waals surface area (Å²) in [5.74, 6) is -0.159. The molecule has 88 valence electrons. The van der Waals surface area contributed by atoms with Gasteiger partial charge in [0.05, 0.1) is 17.5 Å². The van der Waals surface area contributed by atoms with Crippen molar-refractivity contribution in [3.8, 4) is 5.75 Å². The van der Waals surface area contributed by atoms with Gasteiger partial charge in [-0.25, -0.2) is 0 Å². The molecule has 0 radical (unpaired) electrons. The lowest BCUT2D eigenvalue weighted by molar-refractivity contribution is 0.0999. The van der Waals surface area contributed by atoms with Crippen LogP contribution in [0.5, 0.6) is 5.75 Å². The van der Waals surface area contributed by atoms with E-state index in [0.29, 0.717) is 23.3 Å². The van der Waals surface area contributed by atoms with Gasteiger partial charge in [-0.05, 0) is 19.1 Å². The van der Waals surface area contributed by atoms with E-state index in [4.69, 9.17) is 10.5 Å². The largest absolute Gasteiger partial charge is 0.492 e. The minimum Gasteiger partial charge on any atom is -0.492 e. The van der Waals surface area contributed by atoms with E-state index in [-0.39, 0.29) is 11.0 Å². The van der Waals surface area contributed by atoms with Crippen LogP contribution in [-0.4, -0.2) is 17.5 Å². The number of hydrogen-bond donors (Lipinski definition) is 2. The van der Waals surface area contributed by atoms with Crippen LogP contribution in [0.15, 0.2) is 29.2 Å². The molecule has 1 aromatic heterocycles. The van der Waals surface area contributed by atoms with Gasteiger partial charge in [0.2, 0.25) is 5.43 Å². The molecule has 0 bridgehead atoms. The number of fused-ring (bicyclic) bond motifs is 1. The van der Waals surface area contributed by atoms with Crippen LogP contribution in [0.3, 0.4) is 0 Å². The molecule has 3 N–H and O–H groups in total. The molecule has 2 aromatic rings. The Bertz CT molecular complexity index is 631. The topological polar surface area (TPSA) is 85.2 Å². The van der Waals surface area contributed by atoms with Crippen LogP contribution in [0.4, 0.5) is 0 Å². The standard InChI is InChI=1S/C12H12N2O3/c1-2-17-9-5-3-4-7-10(9)14-6-8(11(7)15)12(13)16/h3-6H,2H2,1H3,(H2,13,16)(H,14,15). The minimum atomic E-state index is -0.741. The van der Waals surface area contributed by atoms with Crippen LogP contribution in [0.25, 0.3) is 10.9 Å². The maximum absolute atomic E-state index is 11.9. The number of rotatable bonds is 3. The van der Waals surface area contributed by atoms with Gasteiger partial charge >= 0.3 is 0 Å². The second kappa shape index (κ2) is 4.29. The molecule has 5 heteroatoms. The summed E-state index contributed by atoms with van der Waals surface area (Å²) in [5, 5.41) is 0.396. The monoisotopic (exact) mass is 232 g/mol. The van der Waals surface area contributed by atoms with E-state index >= 15 is 0 Å². The number of ether oxygens (including phenoxy) is 1. The van der Waals surface area contributed by atoms with Gasteiger partial charge in [0.25, 0.3) is 5.91 Å². The van der Waals surface area contributed by atoms with E-state index in [1.807, 2.05) is 6.92 Å². The second-order valence-electron chi connectivity index (χ2n) is 3.51. The third-order valence-electron chi connectivity index (χ3n) is 2.44. The molecule has 1 heterocycles. The van der Waals surface area contributed by atoms with Gasteiger partial charge in [-0.3, -0.25) is 9.59 Å². The van der Waals surface area contributed by atoms with Crippen molar-refractivity contribution in [3.05, 3.63) is 40.2 Å². The fourth-order valence-corrected chi connectivity index (χ4v) is 1.68. The van der Waals surface area contributed by atoms with Gasteiger partial charge in [0.15, 0.2) is 0 Å². The molecule has 1 amide bonds. The fourth-order valence-electron chi connectivity index (χ4n) is 1.68. The van der Waals surface area contributed by atoms with Crippen LogP contribution in [0, 0.1) is 0 Å². The highest BCUT2D eigenvalue weighted by Crippen LogP contribution is 2.21. The number of hydrogen-bond acceptors (Lipinski definition) is 3. The molecule has 17 heavy (non-hydrogen) atoms. The number of para-hydroxylation sites is 1. The first-order valence-corrected chi connectivity index (χ1v) is 5.22. The van der Waals surface area contributed by atoms with E-state index in [0.717, 1.165) is 0 Å². The molecule has 5 nitrogen and oxygen atoms in total. The summed E-state index contributed by atoms with van der Waals surface area (Å²) in [4.78, 5) is 25.9. The maximum Gasteiger partial charge on any atom is 0.254 e. The van der Waals surface area contributed by atoms with Crippen LogP contribution >= 0.6 is 0 Å². The highest BCUT2D eigenvalue weighted by Gasteiger charge is 2.11. The molecule has 0 unspecified atom stereocenters. The number of nitrogens with two attached hydrogens (primary N) is 1. The van der Waals surface area contributed by atoms with Crippen molar-refractivity contribution in [1.82, 2.24) is 4.98 Å². The van der Waals surface area contributed by atoms with Gasteiger partial charge in [0, 0.05) is 6.20 Å². The molecule has 0 aliphatic carbocycles. The molecule has 0 spiro atoms. The Morgan fingerprint density at radius 1 is 1.47 bits per heavy atom. The average Bonchev–Trinajstić information content (AvgIpc) is 2.30. The summed E-state index contributed by atoms with van der Waals surface area (Å²) >= 11 is 0. The van der Waals surface area contributed by atoms with E-state index in [1.54, 1.807) is 18.2 Å². The van der Waals surface area contributed by atoms with Gasteiger partial charge in [-0.15, -0.1) is 0 Å². The number of benzene rings is 1. The Morgan fingerprint density at radius 2 is 2.24 bits per heavy atom. The quantitative estimate of drug-likeness (QED) is 0.828. The highest BCUT2D eigenvalue weighted by atomic mass is 16.5. The number of amides is 1.